The molecule has 13 heteroatoms. The van der Waals surface area contributed by atoms with E-state index in [4.69, 9.17) is 22.9 Å². The first kappa shape index (κ1) is 32.2. The van der Waals surface area contributed by atoms with E-state index >= 15 is 0 Å². The van der Waals surface area contributed by atoms with Crippen LogP contribution in [0.3, 0.4) is 0 Å². The van der Waals surface area contributed by atoms with Crippen molar-refractivity contribution in [2.24, 2.45) is 70.3 Å². The van der Waals surface area contributed by atoms with E-state index in [-0.39, 0.29) is 77.4 Å². The number of fused-ring (bicyclic) bond motifs is 20. The standard InChI is InChI=1S/C32H60N12.Co/c33-21-19-20(22(34)24(36)23(21)35)32-43-30-18-12-6-4-10-16(18)28(41-30)39-26-14-8-2-1-7-13(14)25(37-26)38-27-15-9-3-5-11-17(15)29(40-27)42-31(19)44-32;/h13-32,37-44H,1-12,33-36H2;. The Balaban J connectivity index is 0.00000300. The van der Waals surface area contributed by atoms with Crippen LogP contribution in [0.4, 0.5) is 0 Å². The Morgan fingerprint density at radius 3 is 0.733 bits per heavy atom. The van der Waals surface area contributed by atoms with E-state index in [1.165, 1.54) is 77.0 Å². The van der Waals surface area contributed by atoms with Crippen molar-refractivity contribution < 1.29 is 16.8 Å². The molecule has 45 heavy (non-hydrogen) atoms. The van der Waals surface area contributed by atoms with Gasteiger partial charge in [0.25, 0.3) is 0 Å². The number of rotatable bonds is 0. The van der Waals surface area contributed by atoms with Gasteiger partial charge in [-0.25, -0.2) is 0 Å². The van der Waals surface area contributed by atoms with Crippen molar-refractivity contribution in [2.45, 2.75) is 151 Å². The molecule has 5 heterocycles. The number of hydrogen-bond acceptors (Lipinski definition) is 12. The molecular weight excluding hydrogens is 611 g/mol. The van der Waals surface area contributed by atoms with Crippen molar-refractivity contribution in [3.63, 3.8) is 0 Å². The van der Waals surface area contributed by atoms with Crippen LogP contribution in [-0.4, -0.2) is 73.5 Å². The summed E-state index contributed by atoms with van der Waals surface area (Å²) in [6.45, 7) is 0. The largest absolute Gasteiger partial charge is 0.326 e. The van der Waals surface area contributed by atoms with E-state index in [1.807, 2.05) is 0 Å². The van der Waals surface area contributed by atoms with Crippen LogP contribution in [-0.2, 0) is 16.8 Å². The summed E-state index contributed by atoms with van der Waals surface area (Å²) >= 11 is 0. The molecule has 1 radical (unpaired) electrons. The van der Waals surface area contributed by atoms with E-state index in [0.29, 0.717) is 60.2 Å². The van der Waals surface area contributed by atoms with Crippen LogP contribution < -0.4 is 65.5 Å². The Morgan fingerprint density at radius 1 is 0.289 bits per heavy atom. The van der Waals surface area contributed by atoms with Crippen molar-refractivity contribution >= 4 is 0 Å². The molecule has 4 aliphatic carbocycles. The average molecular weight is 672 g/mol. The Hall–Kier alpha value is 0.0265. The van der Waals surface area contributed by atoms with Crippen LogP contribution in [0.5, 0.6) is 0 Å². The second-order valence-electron chi connectivity index (χ2n) is 16.5. The molecule has 16 N–H and O–H groups in total. The molecule has 0 spiro atoms. The van der Waals surface area contributed by atoms with E-state index in [9.17, 15) is 0 Å². The average Bonchev–Trinajstić information content (AvgIpc) is 3.78. The van der Waals surface area contributed by atoms with Crippen molar-refractivity contribution in [1.82, 2.24) is 42.5 Å². The number of nitrogens with one attached hydrogen (secondary N) is 8. The Bertz CT molecular complexity index is 978. The van der Waals surface area contributed by atoms with Crippen LogP contribution in [0.2, 0.25) is 0 Å². The summed E-state index contributed by atoms with van der Waals surface area (Å²) in [5.41, 5.74) is 27.3. The molecule has 20 atom stereocenters. The molecule has 4 saturated carbocycles. The number of nitrogens with two attached hydrogens (primary N) is 4. The van der Waals surface area contributed by atoms with Gasteiger partial charge in [0.1, 0.15) is 0 Å². The van der Waals surface area contributed by atoms with Gasteiger partial charge in [0, 0.05) is 52.8 Å². The Morgan fingerprint density at radius 2 is 0.489 bits per heavy atom. The second-order valence-corrected chi connectivity index (χ2v) is 16.5. The van der Waals surface area contributed by atoms with Gasteiger partial charge in [-0.2, -0.15) is 0 Å². The maximum Gasteiger partial charge on any atom is 0.0644 e. The van der Waals surface area contributed by atoms with Gasteiger partial charge < -0.3 is 22.9 Å². The minimum atomic E-state index is -0.315. The van der Waals surface area contributed by atoms with E-state index in [0.717, 1.165) is 0 Å². The number of hydrogen-bond donors (Lipinski definition) is 12. The summed E-state index contributed by atoms with van der Waals surface area (Å²) in [5.74, 6) is 3.98. The molecule has 5 saturated heterocycles. The smallest absolute Gasteiger partial charge is 0.0644 e. The third-order valence-corrected chi connectivity index (χ3v) is 14.5. The molecule has 5 aliphatic heterocycles. The summed E-state index contributed by atoms with van der Waals surface area (Å²) in [6, 6.07) is -1.07. The SMILES string of the molecule is NC1C(N)C(N)C2C3NC4NC(NC5NC(NC6NC(NC(N3)C2C1N)C1CCCCC61)C1CCCCC51)C1CCCCC41.[Co]. The summed E-state index contributed by atoms with van der Waals surface area (Å²) in [5, 5.41) is 33.0. The third kappa shape index (κ3) is 5.31. The summed E-state index contributed by atoms with van der Waals surface area (Å²) in [7, 11) is 0. The van der Waals surface area contributed by atoms with Crippen LogP contribution in [0, 0.1) is 47.3 Å². The zero-order valence-corrected chi connectivity index (χ0v) is 27.7. The van der Waals surface area contributed by atoms with E-state index in [2.05, 4.69) is 42.5 Å². The van der Waals surface area contributed by atoms with Crippen LogP contribution >= 0.6 is 0 Å². The maximum atomic E-state index is 6.98. The second kappa shape index (κ2) is 12.7. The minimum Gasteiger partial charge on any atom is -0.326 e. The fourth-order valence-electron chi connectivity index (χ4n) is 12.3. The zero-order chi connectivity index (χ0) is 29.7. The fraction of sp³-hybridized carbons (Fsp3) is 1.00. The fourth-order valence-corrected chi connectivity index (χ4v) is 12.3. The molecule has 0 amide bonds. The molecule has 257 valence electrons. The summed E-state index contributed by atoms with van der Waals surface area (Å²) < 4.78 is 0. The van der Waals surface area contributed by atoms with Crippen LogP contribution in [0.1, 0.15) is 77.0 Å². The van der Waals surface area contributed by atoms with Crippen LogP contribution in [0.15, 0.2) is 0 Å². The minimum absolute atomic E-state index is 0. The molecule has 9 aliphatic rings. The van der Waals surface area contributed by atoms with Crippen LogP contribution in [0.25, 0.3) is 0 Å². The molecule has 9 rings (SSSR count). The normalized spacial score (nSPS) is 58.9. The van der Waals surface area contributed by atoms with Crippen molar-refractivity contribution in [1.29, 1.82) is 0 Å². The molecule has 12 nitrogen and oxygen atoms in total. The van der Waals surface area contributed by atoms with Gasteiger partial charge >= 0.3 is 0 Å². The Labute approximate surface area is 279 Å². The predicted octanol–water partition coefficient (Wildman–Crippen LogP) is -1.65. The first-order chi connectivity index (χ1) is 21.5. The van der Waals surface area contributed by atoms with Gasteiger partial charge in [-0.1, -0.05) is 38.5 Å². The maximum absolute atomic E-state index is 6.98. The van der Waals surface area contributed by atoms with Crippen molar-refractivity contribution in [3.8, 4) is 0 Å². The summed E-state index contributed by atoms with van der Waals surface area (Å²) in [4.78, 5) is 0. The molecule has 8 bridgehead atoms. The van der Waals surface area contributed by atoms with Gasteiger partial charge in [0.15, 0.2) is 0 Å². The van der Waals surface area contributed by atoms with Gasteiger partial charge in [-0.05, 0) is 74.0 Å². The zero-order valence-electron chi connectivity index (χ0n) is 26.7. The van der Waals surface area contributed by atoms with Crippen molar-refractivity contribution in [2.75, 3.05) is 0 Å². The summed E-state index contributed by atoms with van der Waals surface area (Å²) in [6.07, 6.45) is 17.4. The van der Waals surface area contributed by atoms with Gasteiger partial charge in [0.05, 0.1) is 49.3 Å². The third-order valence-electron chi connectivity index (χ3n) is 14.5. The molecule has 20 unspecified atom stereocenters. The quantitative estimate of drug-likeness (QED) is 0.140. The van der Waals surface area contributed by atoms with E-state index in [1.54, 1.807) is 0 Å². The van der Waals surface area contributed by atoms with Crippen molar-refractivity contribution in [3.05, 3.63) is 0 Å². The van der Waals surface area contributed by atoms with Gasteiger partial charge in [0.2, 0.25) is 0 Å². The molecule has 0 aromatic carbocycles. The van der Waals surface area contributed by atoms with E-state index < -0.39 is 0 Å². The molecule has 0 aromatic rings. The van der Waals surface area contributed by atoms with Gasteiger partial charge in [-0.3, -0.25) is 42.5 Å². The Kier molecular flexibility index (Phi) is 9.12. The van der Waals surface area contributed by atoms with Gasteiger partial charge in [-0.15, -0.1) is 0 Å². The topological polar surface area (TPSA) is 200 Å². The predicted molar refractivity (Wildman–Crippen MR) is 171 cm³/mol. The first-order valence-corrected chi connectivity index (χ1v) is 18.6. The first-order valence-electron chi connectivity index (χ1n) is 18.6. The molecular formula is C32H60CoN12. The molecule has 0 aromatic heterocycles. The molecule has 9 fully saturated rings. The monoisotopic (exact) mass is 671 g/mol.